The maximum atomic E-state index is 12.7. The van der Waals surface area contributed by atoms with E-state index in [-0.39, 0.29) is 5.92 Å². The molecule has 0 radical (unpaired) electrons. The van der Waals surface area contributed by atoms with E-state index < -0.39 is 0 Å². The van der Waals surface area contributed by atoms with Gasteiger partial charge in [-0.2, -0.15) is 4.98 Å². The zero-order chi connectivity index (χ0) is 24.9. The molecule has 36 heavy (non-hydrogen) atoms. The van der Waals surface area contributed by atoms with Gasteiger partial charge in [-0.05, 0) is 67.3 Å². The van der Waals surface area contributed by atoms with Gasteiger partial charge in [0.2, 0.25) is 5.95 Å². The van der Waals surface area contributed by atoms with Crippen molar-refractivity contribution in [3.8, 4) is 11.1 Å². The number of hydrogen-bond donors (Lipinski definition) is 2. The molecule has 0 atom stereocenters. The Balaban J connectivity index is 1.20. The molecule has 0 spiro atoms. The first-order valence-electron chi connectivity index (χ1n) is 13.0. The van der Waals surface area contributed by atoms with Gasteiger partial charge in [0.25, 0.3) is 0 Å². The number of rotatable bonds is 8. The third-order valence-corrected chi connectivity index (χ3v) is 7.39. The van der Waals surface area contributed by atoms with Crippen LogP contribution in [0.15, 0.2) is 72.8 Å². The van der Waals surface area contributed by atoms with Gasteiger partial charge in [0.05, 0.1) is 5.52 Å². The van der Waals surface area contributed by atoms with E-state index in [1.165, 1.54) is 11.1 Å². The zero-order valence-corrected chi connectivity index (χ0v) is 21.1. The Bertz CT molecular complexity index is 1330. The van der Waals surface area contributed by atoms with E-state index in [0.717, 1.165) is 60.1 Å². The number of aromatic nitrogens is 2. The number of aryl methyl sites for hydroxylation is 1. The molecule has 0 saturated heterocycles. The Kier molecular flexibility index (Phi) is 7.26. The van der Waals surface area contributed by atoms with Crippen molar-refractivity contribution in [3.63, 3.8) is 0 Å². The average Bonchev–Trinajstić information content (AvgIpc) is 2.92. The molecule has 5 heteroatoms. The highest BCUT2D eigenvalue weighted by Gasteiger charge is 2.26. The van der Waals surface area contributed by atoms with Crippen molar-refractivity contribution in [1.82, 2.24) is 9.97 Å². The lowest BCUT2D eigenvalue weighted by Gasteiger charge is -2.28. The first kappa shape index (κ1) is 24.0. The predicted octanol–water partition coefficient (Wildman–Crippen LogP) is 6.68. The Morgan fingerprint density at radius 2 is 1.61 bits per heavy atom. The van der Waals surface area contributed by atoms with Crippen LogP contribution in [0.25, 0.3) is 22.0 Å². The van der Waals surface area contributed by atoms with Crippen molar-refractivity contribution in [2.24, 2.45) is 11.8 Å². The van der Waals surface area contributed by atoms with Crippen LogP contribution in [0, 0.1) is 18.8 Å². The van der Waals surface area contributed by atoms with E-state index in [9.17, 15) is 4.79 Å². The van der Waals surface area contributed by atoms with Gasteiger partial charge in [0.15, 0.2) is 0 Å². The minimum absolute atomic E-state index is 0.192. The van der Waals surface area contributed by atoms with E-state index in [1.54, 1.807) is 0 Å². The zero-order valence-electron chi connectivity index (χ0n) is 21.1. The van der Waals surface area contributed by atoms with Crippen molar-refractivity contribution < 1.29 is 4.79 Å². The summed E-state index contributed by atoms with van der Waals surface area (Å²) < 4.78 is 0. The molecule has 5 nitrogen and oxygen atoms in total. The molecule has 0 aliphatic heterocycles. The highest BCUT2D eigenvalue weighted by Crippen LogP contribution is 2.31. The number of ketones is 1. The van der Waals surface area contributed by atoms with Gasteiger partial charge in [-0.1, -0.05) is 66.2 Å². The molecular formula is C31H34N4O. The van der Waals surface area contributed by atoms with Gasteiger partial charge in [-0.3, -0.25) is 4.79 Å². The first-order chi connectivity index (χ1) is 17.6. The van der Waals surface area contributed by atoms with Crippen LogP contribution >= 0.6 is 0 Å². The topological polar surface area (TPSA) is 66.9 Å². The van der Waals surface area contributed by atoms with Crippen molar-refractivity contribution in [3.05, 3.63) is 83.9 Å². The van der Waals surface area contributed by atoms with Crippen LogP contribution in [0.2, 0.25) is 0 Å². The molecular weight excluding hydrogens is 444 g/mol. The molecule has 1 heterocycles. The lowest BCUT2D eigenvalue weighted by Crippen LogP contribution is -2.26. The second-order valence-corrected chi connectivity index (χ2v) is 9.97. The molecule has 1 aromatic heterocycles. The normalized spacial score (nSPS) is 17.6. The van der Waals surface area contributed by atoms with Crippen LogP contribution in [-0.2, 0) is 11.2 Å². The fraction of sp³-hybridized carbons (Fsp3) is 0.323. The summed E-state index contributed by atoms with van der Waals surface area (Å²) in [4.78, 5) is 22.3. The second kappa shape index (κ2) is 10.9. The second-order valence-electron chi connectivity index (χ2n) is 9.97. The average molecular weight is 479 g/mol. The van der Waals surface area contributed by atoms with Crippen LogP contribution in [0.4, 0.5) is 11.8 Å². The summed E-state index contributed by atoms with van der Waals surface area (Å²) in [5.74, 6) is 2.59. The van der Waals surface area contributed by atoms with E-state index in [1.807, 2.05) is 37.4 Å². The molecule has 1 saturated carbocycles. The minimum atomic E-state index is 0.192. The number of benzene rings is 3. The quantitative estimate of drug-likeness (QED) is 0.296. The van der Waals surface area contributed by atoms with Gasteiger partial charge in [-0.25, -0.2) is 4.98 Å². The van der Waals surface area contributed by atoms with Crippen LogP contribution in [0.1, 0.15) is 36.8 Å². The highest BCUT2D eigenvalue weighted by atomic mass is 16.1. The molecule has 5 rings (SSSR count). The third-order valence-electron chi connectivity index (χ3n) is 7.39. The van der Waals surface area contributed by atoms with E-state index in [2.05, 4.69) is 60.0 Å². The number of fused-ring (bicyclic) bond motifs is 1. The van der Waals surface area contributed by atoms with Crippen LogP contribution < -0.4 is 10.6 Å². The molecule has 2 N–H and O–H groups in total. The number of carbonyl (C=O) groups is 1. The van der Waals surface area contributed by atoms with Crippen molar-refractivity contribution in [2.75, 3.05) is 24.2 Å². The lowest BCUT2D eigenvalue weighted by atomic mass is 9.79. The Hall–Kier alpha value is -3.73. The summed E-state index contributed by atoms with van der Waals surface area (Å²) in [5.41, 5.74) is 5.63. The van der Waals surface area contributed by atoms with Crippen LogP contribution in [0.3, 0.4) is 0 Å². The summed E-state index contributed by atoms with van der Waals surface area (Å²) >= 11 is 0. The number of Topliss-reactive ketones (excluding diaryl/α,β-unsaturated/α-hetero) is 1. The van der Waals surface area contributed by atoms with E-state index in [0.29, 0.717) is 24.1 Å². The molecule has 184 valence electrons. The molecule has 0 unspecified atom stereocenters. The lowest BCUT2D eigenvalue weighted by molar-refractivity contribution is -0.123. The van der Waals surface area contributed by atoms with E-state index >= 15 is 0 Å². The van der Waals surface area contributed by atoms with Gasteiger partial charge in [0.1, 0.15) is 11.6 Å². The van der Waals surface area contributed by atoms with Crippen molar-refractivity contribution in [1.29, 1.82) is 0 Å². The number of carbonyl (C=O) groups excluding carboxylic acids is 1. The van der Waals surface area contributed by atoms with Crippen molar-refractivity contribution >= 4 is 28.5 Å². The molecule has 1 aliphatic rings. The maximum absolute atomic E-state index is 12.7. The van der Waals surface area contributed by atoms with Crippen LogP contribution in [0.5, 0.6) is 0 Å². The minimum Gasteiger partial charge on any atom is -0.372 e. The Morgan fingerprint density at radius 1 is 0.889 bits per heavy atom. The summed E-state index contributed by atoms with van der Waals surface area (Å²) in [5, 5.41) is 7.73. The molecule has 1 aliphatic carbocycles. The highest BCUT2D eigenvalue weighted by molar-refractivity contribution is 5.93. The first-order valence-corrected chi connectivity index (χ1v) is 13.0. The van der Waals surface area contributed by atoms with Crippen LogP contribution in [-0.4, -0.2) is 29.3 Å². The third kappa shape index (κ3) is 5.56. The van der Waals surface area contributed by atoms with Gasteiger partial charge in [-0.15, -0.1) is 0 Å². The number of hydrogen-bond acceptors (Lipinski definition) is 5. The monoisotopic (exact) mass is 478 g/mol. The van der Waals surface area contributed by atoms with Gasteiger partial charge in [0, 0.05) is 31.3 Å². The fourth-order valence-electron chi connectivity index (χ4n) is 5.19. The molecule has 3 aromatic carbocycles. The van der Waals surface area contributed by atoms with Gasteiger partial charge < -0.3 is 10.6 Å². The standard InChI is InChI=1S/C31H34N4O/c1-21-8-12-24(13-9-21)26-16-17-28-27(19-26)30(32-2)35-31(34-28)33-20-23-10-14-25(15-11-23)29(36)18-22-6-4-3-5-7-22/h3-9,12-13,16-17,19,23,25H,10-11,14-15,18,20H2,1-2H3,(H2,32,33,34,35). The molecule has 0 bridgehead atoms. The summed E-state index contributed by atoms with van der Waals surface area (Å²) in [6.07, 6.45) is 4.62. The number of nitrogens with zero attached hydrogens (tertiary/aromatic N) is 2. The number of nitrogens with one attached hydrogen (secondary N) is 2. The summed E-state index contributed by atoms with van der Waals surface area (Å²) in [6.45, 7) is 2.93. The smallest absolute Gasteiger partial charge is 0.225 e. The Morgan fingerprint density at radius 3 is 2.33 bits per heavy atom. The maximum Gasteiger partial charge on any atom is 0.225 e. The largest absolute Gasteiger partial charge is 0.372 e. The summed E-state index contributed by atoms with van der Waals surface area (Å²) in [7, 11) is 1.90. The fourth-order valence-corrected chi connectivity index (χ4v) is 5.19. The number of anilines is 2. The summed E-state index contributed by atoms with van der Waals surface area (Å²) in [6, 6.07) is 25.0. The van der Waals surface area contributed by atoms with E-state index in [4.69, 9.17) is 9.97 Å². The van der Waals surface area contributed by atoms with Crippen molar-refractivity contribution in [2.45, 2.75) is 39.0 Å². The SMILES string of the molecule is CNc1nc(NCC2CCC(C(=O)Cc3ccccc3)CC2)nc2ccc(-c3ccc(C)cc3)cc12. The molecule has 0 amide bonds. The molecule has 4 aromatic rings. The molecule has 1 fully saturated rings. The predicted molar refractivity (Wildman–Crippen MR) is 148 cm³/mol. The Labute approximate surface area is 213 Å². The van der Waals surface area contributed by atoms with Gasteiger partial charge >= 0.3 is 0 Å².